The van der Waals surface area contributed by atoms with E-state index in [1.807, 2.05) is 6.92 Å². The zero-order valence-corrected chi connectivity index (χ0v) is 10.1. The van der Waals surface area contributed by atoms with Crippen molar-refractivity contribution in [2.75, 3.05) is 19.7 Å². The number of amides is 1. The Kier molecular flexibility index (Phi) is 5.49. The molecule has 0 aromatic heterocycles. The molecule has 0 saturated carbocycles. The first kappa shape index (κ1) is 13.5. The maximum atomic E-state index is 11.9. The SMILES string of the molecule is CCCN(CCO)C(=O)Cc1cccc(O)c1. The molecule has 0 radical (unpaired) electrons. The van der Waals surface area contributed by atoms with Crippen molar-refractivity contribution in [2.24, 2.45) is 0 Å². The number of phenols is 1. The van der Waals surface area contributed by atoms with Crippen LogP contribution in [0, 0.1) is 0 Å². The summed E-state index contributed by atoms with van der Waals surface area (Å²) in [6, 6.07) is 6.68. The molecule has 0 atom stereocenters. The first-order valence-electron chi connectivity index (χ1n) is 5.84. The number of aliphatic hydroxyl groups excluding tert-OH is 1. The Morgan fingerprint density at radius 1 is 1.35 bits per heavy atom. The van der Waals surface area contributed by atoms with Crippen molar-refractivity contribution in [3.8, 4) is 5.75 Å². The highest BCUT2D eigenvalue weighted by molar-refractivity contribution is 5.78. The van der Waals surface area contributed by atoms with E-state index < -0.39 is 0 Å². The predicted molar refractivity (Wildman–Crippen MR) is 65.8 cm³/mol. The highest BCUT2D eigenvalue weighted by Gasteiger charge is 2.12. The molecule has 17 heavy (non-hydrogen) atoms. The zero-order valence-electron chi connectivity index (χ0n) is 10.1. The number of hydrogen-bond acceptors (Lipinski definition) is 3. The van der Waals surface area contributed by atoms with Gasteiger partial charge in [0.15, 0.2) is 0 Å². The van der Waals surface area contributed by atoms with Gasteiger partial charge in [0.2, 0.25) is 5.91 Å². The van der Waals surface area contributed by atoms with Crippen LogP contribution in [0.4, 0.5) is 0 Å². The Morgan fingerprint density at radius 3 is 2.71 bits per heavy atom. The third-order valence-electron chi connectivity index (χ3n) is 2.48. The fourth-order valence-electron chi connectivity index (χ4n) is 1.70. The molecule has 0 heterocycles. The Balaban J connectivity index is 2.62. The summed E-state index contributed by atoms with van der Waals surface area (Å²) in [5, 5.41) is 18.2. The van der Waals surface area contributed by atoms with Gasteiger partial charge in [0.25, 0.3) is 0 Å². The first-order chi connectivity index (χ1) is 8.17. The standard InChI is InChI=1S/C13H19NO3/c1-2-6-14(7-8-15)13(17)10-11-4-3-5-12(16)9-11/h3-5,9,15-16H,2,6-8,10H2,1H3. The summed E-state index contributed by atoms with van der Waals surface area (Å²) in [7, 11) is 0. The van der Waals surface area contributed by atoms with E-state index in [1.165, 1.54) is 0 Å². The van der Waals surface area contributed by atoms with Gasteiger partial charge in [-0.15, -0.1) is 0 Å². The van der Waals surface area contributed by atoms with Crippen LogP contribution in [0.25, 0.3) is 0 Å². The number of benzene rings is 1. The number of hydrogen-bond donors (Lipinski definition) is 2. The van der Waals surface area contributed by atoms with Gasteiger partial charge in [-0.2, -0.15) is 0 Å². The van der Waals surface area contributed by atoms with Crippen LogP contribution in [0.5, 0.6) is 5.75 Å². The van der Waals surface area contributed by atoms with E-state index >= 15 is 0 Å². The molecule has 0 bridgehead atoms. The molecule has 0 unspecified atom stereocenters. The van der Waals surface area contributed by atoms with Gasteiger partial charge >= 0.3 is 0 Å². The molecule has 0 aliphatic rings. The molecule has 1 aromatic rings. The van der Waals surface area contributed by atoms with Gasteiger partial charge in [0.1, 0.15) is 5.75 Å². The summed E-state index contributed by atoms with van der Waals surface area (Å²) in [4.78, 5) is 13.6. The molecule has 1 amide bonds. The molecule has 1 aromatic carbocycles. The highest BCUT2D eigenvalue weighted by Crippen LogP contribution is 2.12. The topological polar surface area (TPSA) is 60.8 Å². The molecule has 0 fully saturated rings. The van der Waals surface area contributed by atoms with Crippen molar-refractivity contribution < 1.29 is 15.0 Å². The minimum absolute atomic E-state index is 0.0218. The van der Waals surface area contributed by atoms with Crippen molar-refractivity contribution >= 4 is 5.91 Å². The van der Waals surface area contributed by atoms with Gasteiger partial charge in [-0.1, -0.05) is 19.1 Å². The lowest BCUT2D eigenvalue weighted by atomic mass is 10.1. The van der Waals surface area contributed by atoms with Gasteiger partial charge in [0, 0.05) is 13.1 Å². The van der Waals surface area contributed by atoms with Crippen LogP contribution in [0.3, 0.4) is 0 Å². The van der Waals surface area contributed by atoms with Crippen LogP contribution in [0.2, 0.25) is 0 Å². The molecule has 94 valence electrons. The smallest absolute Gasteiger partial charge is 0.227 e. The molecule has 4 heteroatoms. The molecular weight excluding hydrogens is 218 g/mol. The minimum Gasteiger partial charge on any atom is -0.508 e. The van der Waals surface area contributed by atoms with E-state index in [9.17, 15) is 9.90 Å². The van der Waals surface area contributed by atoms with Gasteiger partial charge in [-0.25, -0.2) is 0 Å². The van der Waals surface area contributed by atoms with Crippen molar-refractivity contribution in [2.45, 2.75) is 19.8 Å². The number of carbonyl (C=O) groups is 1. The number of rotatable bonds is 6. The van der Waals surface area contributed by atoms with Gasteiger partial charge in [-0.05, 0) is 24.1 Å². The van der Waals surface area contributed by atoms with Gasteiger partial charge in [0.05, 0.1) is 13.0 Å². The van der Waals surface area contributed by atoms with E-state index in [2.05, 4.69) is 0 Å². The maximum absolute atomic E-state index is 11.9. The first-order valence-corrected chi connectivity index (χ1v) is 5.84. The fraction of sp³-hybridized carbons (Fsp3) is 0.462. The molecular formula is C13H19NO3. The second-order valence-electron chi connectivity index (χ2n) is 3.95. The van der Waals surface area contributed by atoms with E-state index in [4.69, 9.17) is 5.11 Å². The van der Waals surface area contributed by atoms with E-state index in [-0.39, 0.29) is 24.7 Å². The predicted octanol–water partition coefficient (Wildman–Crippen LogP) is 1.17. The molecule has 0 spiro atoms. The Hall–Kier alpha value is -1.55. The average Bonchev–Trinajstić information content (AvgIpc) is 2.28. The zero-order chi connectivity index (χ0) is 12.7. The van der Waals surface area contributed by atoms with Crippen LogP contribution in [-0.2, 0) is 11.2 Å². The monoisotopic (exact) mass is 237 g/mol. The molecule has 4 nitrogen and oxygen atoms in total. The number of aliphatic hydroxyl groups is 1. The van der Waals surface area contributed by atoms with Gasteiger partial charge < -0.3 is 15.1 Å². The van der Waals surface area contributed by atoms with Crippen LogP contribution >= 0.6 is 0 Å². The van der Waals surface area contributed by atoms with E-state index in [1.54, 1.807) is 29.2 Å². The van der Waals surface area contributed by atoms with Crippen molar-refractivity contribution in [1.82, 2.24) is 4.90 Å². The van der Waals surface area contributed by atoms with Crippen LogP contribution in [-0.4, -0.2) is 40.7 Å². The lowest BCUT2D eigenvalue weighted by Crippen LogP contribution is -2.35. The maximum Gasteiger partial charge on any atom is 0.227 e. The number of phenolic OH excluding ortho intramolecular Hbond substituents is 1. The fourth-order valence-corrected chi connectivity index (χ4v) is 1.70. The van der Waals surface area contributed by atoms with E-state index in [0.717, 1.165) is 12.0 Å². The minimum atomic E-state index is -0.0220. The average molecular weight is 237 g/mol. The summed E-state index contributed by atoms with van der Waals surface area (Å²) in [6.07, 6.45) is 1.13. The summed E-state index contributed by atoms with van der Waals surface area (Å²) in [5.41, 5.74) is 0.786. The number of nitrogens with zero attached hydrogens (tertiary/aromatic N) is 1. The van der Waals surface area contributed by atoms with Crippen molar-refractivity contribution in [1.29, 1.82) is 0 Å². The van der Waals surface area contributed by atoms with Crippen LogP contribution in [0.15, 0.2) is 24.3 Å². The van der Waals surface area contributed by atoms with Crippen molar-refractivity contribution in [3.05, 3.63) is 29.8 Å². The highest BCUT2D eigenvalue weighted by atomic mass is 16.3. The van der Waals surface area contributed by atoms with Gasteiger partial charge in [-0.3, -0.25) is 4.79 Å². The molecule has 0 saturated heterocycles. The molecule has 0 aliphatic carbocycles. The second-order valence-corrected chi connectivity index (χ2v) is 3.95. The normalized spacial score (nSPS) is 10.2. The Morgan fingerprint density at radius 2 is 2.12 bits per heavy atom. The second kappa shape index (κ2) is 6.91. The lowest BCUT2D eigenvalue weighted by Gasteiger charge is -2.21. The molecule has 0 aliphatic heterocycles. The largest absolute Gasteiger partial charge is 0.508 e. The number of aromatic hydroxyl groups is 1. The Labute approximate surface area is 101 Å². The number of carbonyl (C=O) groups excluding carboxylic acids is 1. The summed E-state index contributed by atoms with van der Waals surface area (Å²) in [6.45, 7) is 2.99. The molecule has 1 rings (SSSR count). The van der Waals surface area contributed by atoms with Crippen LogP contribution in [0.1, 0.15) is 18.9 Å². The quantitative estimate of drug-likeness (QED) is 0.780. The molecule has 2 N–H and O–H groups in total. The van der Waals surface area contributed by atoms with E-state index in [0.29, 0.717) is 13.1 Å². The van der Waals surface area contributed by atoms with Crippen molar-refractivity contribution in [3.63, 3.8) is 0 Å². The summed E-state index contributed by atoms with van der Waals surface area (Å²) < 4.78 is 0. The third kappa shape index (κ3) is 4.44. The summed E-state index contributed by atoms with van der Waals surface area (Å²) >= 11 is 0. The summed E-state index contributed by atoms with van der Waals surface area (Å²) in [5.74, 6) is 0.144. The third-order valence-corrected chi connectivity index (χ3v) is 2.48. The lowest BCUT2D eigenvalue weighted by molar-refractivity contribution is -0.131. The Bertz CT molecular complexity index is 359. The van der Waals surface area contributed by atoms with Crippen LogP contribution < -0.4 is 0 Å².